The fourth-order valence-electron chi connectivity index (χ4n) is 1.65. The molecule has 76 valence electrons. The molecule has 1 aliphatic rings. The third-order valence-electron chi connectivity index (χ3n) is 2.40. The van der Waals surface area contributed by atoms with Crippen LogP contribution in [0.4, 0.5) is 5.95 Å². The first-order valence-corrected chi connectivity index (χ1v) is 4.94. The Morgan fingerprint density at radius 1 is 1.33 bits per heavy atom. The van der Waals surface area contributed by atoms with Crippen LogP contribution in [0.2, 0.25) is 0 Å². The first kappa shape index (κ1) is 12.3. The molecule has 2 heterocycles. The van der Waals surface area contributed by atoms with Crippen molar-refractivity contribution in [2.75, 3.05) is 25.1 Å². The van der Waals surface area contributed by atoms with Crippen LogP contribution in [-0.2, 0) is 0 Å². The van der Waals surface area contributed by atoms with E-state index in [1.807, 2.05) is 0 Å². The summed E-state index contributed by atoms with van der Waals surface area (Å²) in [5.41, 5.74) is 0. The van der Waals surface area contributed by atoms with E-state index < -0.39 is 0 Å². The van der Waals surface area contributed by atoms with Crippen molar-refractivity contribution in [2.24, 2.45) is 0 Å². The zero-order valence-electron chi connectivity index (χ0n) is 9.36. The van der Waals surface area contributed by atoms with Gasteiger partial charge < -0.3 is 15.7 Å². The van der Waals surface area contributed by atoms with Gasteiger partial charge in [0.05, 0.1) is 7.11 Å². The molecule has 0 radical (unpaired) electrons. The van der Waals surface area contributed by atoms with E-state index in [0.717, 1.165) is 19.0 Å². The molecule has 1 aromatic rings. The van der Waals surface area contributed by atoms with Gasteiger partial charge in [0.2, 0.25) is 5.95 Å². The van der Waals surface area contributed by atoms with Gasteiger partial charge >= 0.3 is 18.9 Å². The zero-order valence-corrected chi connectivity index (χ0v) is 9.36. The van der Waals surface area contributed by atoms with Crippen LogP contribution >= 0.6 is 0 Å². The Labute approximate surface area is 102 Å². The van der Waals surface area contributed by atoms with E-state index in [9.17, 15) is 0 Å². The third-order valence-corrected chi connectivity index (χ3v) is 2.40. The molecule has 15 heavy (non-hydrogen) atoms. The summed E-state index contributed by atoms with van der Waals surface area (Å²) >= 11 is 0. The number of nitrogens with zero attached hydrogens (tertiary/aromatic N) is 3. The second-order valence-electron chi connectivity index (χ2n) is 3.37. The number of hydrogen-bond acceptors (Lipinski definition) is 4. The van der Waals surface area contributed by atoms with Crippen LogP contribution < -0.4 is 28.5 Å². The smallest absolute Gasteiger partial charge is 0.515 e. The second-order valence-corrected chi connectivity index (χ2v) is 3.37. The summed E-state index contributed by atoms with van der Waals surface area (Å²) in [5, 5.41) is 0. The zero-order chi connectivity index (χ0) is 9.80. The average Bonchev–Trinajstić information content (AvgIpc) is 2.30. The van der Waals surface area contributed by atoms with Crippen molar-refractivity contribution in [1.29, 1.82) is 0 Å². The summed E-state index contributed by atoms with van der Waals surface area (Å²) in [6.07, 6.45) is 5.39. The minimum absolute atomic E-state index is 0. The quantitative estimate of drug-likeness (QED) is 0.419. The van der Waals surface area contributed by atoms with Gasteiger partial charge in [-0.1, -0.05) is 0 Å². The first-order valence-electron chi connectivity index (χ1n) is 4.94. The molecule has 0 atom stereocenters. The Kier molecular flexibility index (Phi) is 4.93. The molecular weight excluding hydrogens is 185 g/mol. The number of rotatable bonds is 2. The Bertz CT molecular complexity index is 302. The fourth-order valence-corrected chi connectivity index (χ4v) is 1.65. The summed E-state index contributed by atoms with van der Waals surface area (Å²) in [6.45, 7) is 2.10. The van der Waals surface area contributed by atoms with Crippen molar-refractivity contribution in [3.8, 4) is 5.88 Å². The number of ether oxygens (including phenoxy) is 1. The predicted octanol–water partition coefficient (Wildman–Crippen LogP) is -1.72. The molecule has 0 N–H and O–H groups in total. The molecule has 0 bridgehead atoms. The van der Waals surface area contributed by atoms with Gasteiger partial charge in [0, 0.05) is 19.0 Å². The Balaban J connectivity index is 0.00000112. The molecule has 1 aromatic heterocycles. The fraction of sp³-hybridized carbons (Fsp3) is 0.600. The summed E-state index contributed by atoms with van der Waals surface area (Å²) in [5.74, 6) is 1.28. The van der Waals surface area contributed by atoms with Gasteiger partial charge in [0.1, 0.15) is 0 Å². The van der Waals surface area contributed by atoms with Crippen LogP contribution in [-0.4, -0.2) is 30.2 Å². The van der Waals surface area contributed by atoms with Gasteiger partial charge in [-0.2, -0.15) is 0 Å². The van der Waals surface area contributed by atoms with Crippen molar-refractivity contribution >= 4 is 5.95 Å². The second kappa shape index (κ2) is 5.99. The van der Waals surface area contributed by atoms with E-state index in [0.29, 0.717) is 5.88 Å². The Morgan fingerprint density at radius 2 is 2.07 bits per heavy atom. The van der Waals surface area contributed by atoms with Gasteiger partial charge in [-0.25, -0.2) is 4.98 Å². The van der Waals surface area contributed by atoms with Crippen LogP contribution in [0.25, 0.3) is 0 Å². The summed E-state index contributed by atoms with van der Waals surface area (Å²) in [7, 11) is 1.60. The largest absolute Gasteiger partial charge is 1.00 e. The maximum atomic E-state index is 5.01. The van der Waals surface area contributed by atoms with Crippen molar-refractivity contribution in [1.82, 2.24) is 9.97 Å². The molecule has 0 aromatic carbocycles. The molecule has 1 fully saturated rings. The topological polar surface area (TPSA) is 38.2 Å². The summed E-state index contributed by atoms with van der Waals surface area (Å²) in [4.78, 5) is 10.6. The Hall–Kier alpha value is -0.723. The molecule has 0 amide bonds. The minimum Gasteiger partial charge on any atom is -0.515 e. The van der Waals surface area contributed by atoms with Crippen LogP contribution in [0.3, 0.4) is 0 Å². The molecule has 1 saturated heterocycles. The molecule has 1 aliphatic heterocycles. The monoisotopic (exact) mass is 199 g/mol. The number of hydrogen-bond donors (Lipinski definition) is 0. The van der Waals surface area contributed by atoms with Crippen molar-refractivity contribution < 1.29 is 23.6 Å². The third kappa shape index (κ3) is 3.12. The van der Waals surface area contributed by atoms with E-state index in [1.165, 1.54) is 19.3 Å². The summed E-state index contributed by atoms with van der Waals surface area (Å²) in [6, 6.07) is 2.83. The van der Waals surface area contributed by atoms with E-state index in [2.05, 4.69) is 20.9 Å². The van der Waals surface area contributed by atoms with Crippen LogP contribution in [0, 0.1) is 6.07 Å². The van der Waals surface area contributed by atoms with E-state index in [-0.39, 0.29) is 18.9 Å². The Morgan fingerprint density at radius 3 is 2.73 bits per heavy atom. The van der Waals surface area contributed by atoms with Crippen LogP contribution in [0.1, 0.15) is 19.3 Å². The molecular formula is C10H14LiN3O. The van der Waals surface area contributed by atoms with E-state index in [4.69, 9.17) is 4.74 Å². The maximum absolute atomic E-state index is 5.01. The molecule has 5 heteroatoms. The van der Waals surface area contributed by atoms with Gasteiger partial charge in [-0.15, -0.1) is 6.20 Å². The first-order chi connectivity index (χ1) is 6.90. The average molecular weight is 199 g/mol. The van der Waals surface area contributed by atoms with Gasteiger partial charge in [0.15, 0.2) is 0 Å². The molecule has 0 unspecified atom stereocenters. The number of piperidine rings is 1. The van der Waals surface area contributed by atoms with Crippen molar-refractivity contribution in [2.45, 2.75) is 19.3 Å². The van der Waals surface area contributed by atoms with Crippen LogP contribution in [0.15, 0.2) is 6.20 Å². The summed E-state index contributed by atoms with van der Waals surface area (Å²) < 4.78 is 5.01. The molecule has 0 spiro atoms. The molecule has 4 nitrogen and oxygen atoms in total. The predicted molar refractivity (Wildman–Crippen MR) is 53.5 cm³/mol. The van der Waals surface area contributed by atoms with Gasteiger partial charge in [-0.3, -0.25) is 4.98 Å². The molecule has 0 saturated carbocycles. The van der Waals surface area contributed by atoms with Crippen molar-refractivity contribution in [3.05, 3.63) is 12.3 Å². The number of anilines is 1. The van der Waals surface area contributed by atoms with Crippen molar-refractivity contribution in [3.63, 3.8) is 0 Å². The number of methoxy groups -OCH3 is 1. The SMILES string of the molecule is COc1[c-]cnc(N2CCCCC2)n1.[Li+]. The molecule has 0 aliphatic carbocycles. The van der Waals surface area contributed by atoms with E-state index in [1.54, 1.807) is 13.3 Å². The number of aromatic nitrogens is 2. The van der Waals surface area contributed by atoms with Crippen LogP contribution in [0.5, 0.6) is 5.88 Å². The molecule has 2 rings (SSSR count). The minimum atomic E-state index is 0. The van der Waals surface area contributed by atoms with E-state index >= 15 is 0 Å². The standard InChI is InChI=1S/C10H14N3O.Li/c1-14-9-5-6-11-10(12-9)13-7-3-2-4-8-13;/h6H,2-4,7-8H2,1H3;/q-1;+1. The maximum Gasteiger partial charge on any atom is 1.00 e. The normalized spacial score (nSPS) is 15.7. The van der Waals surface area contributed by atoms with Gasteiger partial charge in [0.25, 0.3) is 0 Å². The van der Waals surface area contributed by atoms with Gasteiger partial charge in [-0.05, 0) is 19.3 Å².